The molecule has 1 aliphatic heterocycles. The monoisotopic (exact) mass is 267 g/mol. The maximum Gasteiger partial charge on any atom is 0.280 e. The first-order valence-electron chi connectivity index (χ1n) is 5.74. The topological polar surface area (TPSA) is 128 Å². The molecule has 4 N–H and O–H groups in total. The molecule has 1 aliphatic rings. The van der Waals surface area contributed by atoms with Gasteiger partial charge in [0.1, 0.15) is 6.10 Å². The highest BCUT2D eigenvalue weighted by Crippen LogP contribution is 2.29. The van der Waals surface area contributed by atoms with Crippen LogP contribution in [0.5, 0.6) is 0 Å². The lowest BCUT2D eigenvalue weighted by molar-refractivity contribution is -0.101. The fourth-order valence-electron chi connectivity index (χ4n) is 2.11. The summed E-state index contributed by atoms with van der Waals surface area (Å²) < 4.78 is 12.5. The van der Waals surface area contributed by atoms with Crippen molar-refractivity contribution < 1.29 is 14.6 Å². The third-order valence-electron chi connectivity index (χ3n) is 2.93. The average molecular weight is 267 g/mol. The van der Waals surface area contributed by atoms with Crippen LogP contribution in [-0.2, 0) is 9.47 Å². The molecule has 0 spiro atoms. The van der Waals surface area contributed by atoms with E-state index in [1.165, 1.54) is 6.33 Å². The van der Waals surface area contributed by atoms with Crippen molar-refractivity contribution in [1.29, 1.82) is 0 Å². The third kappa shape index (κ3) is 1.87. The number of aromatic nitrogens is 4. The van der Waals surface area contributed by atoms with Crippen molar-refractivity contribution in [1.82, 2.24) is 19.5 Å². The van der Waals surface area contributed by atoms with E-state index in [0.29, 0.717) is 5.65 Å². The summed E-state index contributed by atoms with van der Waals surface area (Å²) >= 11 is 0. The van der Waals surface area contributed by atoms with E-state index >= 15 is 0 Å². The van der Waals surface area contributed by atoms with E-state index < -0.39 is 18.1 Å². The number of nitrogens with one attached hydrogen (secondary N) is 1. The van der Waals surface area contributed by atoms with Crippen molar-refractivity contribution in [3.63, 3.8) is 0 Å². The smallest absolute Gasteiger partial charge is 0.280 e. The molecule has 0 bridgehead atoms. The van der Waals surface area contributed by atoms with Crippen LogP contribution in [0, 0.1) is 0 Å². The lowest BCUT2D eigenvalue weighted by atomic mass is 10.3. The quantitative estimate of drug-likeness (QED) is 0.633. The molecule has 0 radical (unpaired) electrons. The van der Waals surface area contributed by atoms with E-state index in [4.69, 9.17) is 20.3 Å². The van der Waals surface area contributed by atoms with Crippen LogP contribution in [0.25, 0.3) is 11.2 Å². The highest BCUT2D eigenvalue weighted by molar-refractivity contribution is 5.70. The van der Waals surface area contributed by atoms with Gasteiger partial charge in [-0.3, -0.25) is 14.3 Å². The van der Waals surface area contributed by atoms with Gasteiger partial charge < -0.3 is 20.3 Å². The van der Waals surface area contributed by atoms with Crippen molar-refractivity contribution in [3.8, 4) is 0 Å². The van der Waals surface area contributed by atoms with Crippen molar-refractivity contribution >= 4 is 17.1 Å². The van der Waals surface area contributed by atoms with Gasteiger partial charge in [-0.2, -0.15) is 4.98 Å². The molecule has 3 atom stereocenters. The summed E-state index contributed by atoms with van der Waals surface area (Å²) in [5, 5.41) is 9.04. The number of H-pyrrole nitrogens is 1. The molecule has 0 saturated carbocycles. The number of nitrogens with zero attached hydrogens (tertiary/aromatic N) is 3. The normalized spacial score (nSPS) is 27.2. The lowest BCUT2D eigenvalue weighted by Crippen LogP contribution is -2.19. The van der Waals surface area contributed by atoms with Gasteiger partial charge in [-0.1, -0.05) is 0 Å². The first-order valence-corrected chi connectivity index (χ1v) is 5.74. The molecule has 19 heavy (non-hydrogen) atoms. The molecule has 9 nitrogen and oxygen atoms in total. The van der Waals surface area contributed by atoms with E-state index in [9.17, 15) is 4.79 Å². The van der Waals surface area contributed by atoms with Gasteiger partial charge in [0.2, 0.25) is 5.95 Å². The van der Waals surface area contributed by atoms with Crippen LogP contribution in [0.3, 0.4) is 0 Å². The standard InChI is InChI=1S/C10H13N5O4/c1-4-9(19-5(2-16)18-4)15-3-12-6-7(15)13-10(11)14-8(6)17/h3-5,9,16H,2H2,1H3,(H3,11,13,14,17)/t4-,5-,9+/m1/s1. The summed E-state index contributed by atoms with van der Waals surface area (Å²) in [5.74, 6) is 0.00419. The number of anilines is 1. The van der Waals surface area contributed by atoms with E-state index in [1.54, 1.807) is 11.5 Å². The number of nitrogens with two attached hydrogens (primary N) is 1. The minimum absolute atomic E-state index is 0.00419. The van der Waals surface area contributed by atoms with Crippen LogP contribution in [0.4, 0.5) is 5.95 Å². The second-order valence-corrected chi connectivity index (χ2v) is 4.26. The molecule has 3 rings (SSSR count). The average Bonchev–Trinajstić information content (AvgIpc) is 2.92. The summed E-state index contributed by atoms with van der Waals surface area (Å²) in [5.41, 5.74) is 5.61. The van der Waals surface area contributed by atoms with Gasteiger partial charge in [0, 0.05) is 0 Å². The Bertz CT molecular complexity index is 665. The maximum atomic E-state index is 11.7. The largest absolute Gasteiger partial charge is 0.391 e. The predicted octanol–water partition coefficient (Wildman–Crippen LogP) is -1.05. The van der Waals surface area contributed by atoms with Crippen molar-refractivity contribution in [3.05, 3.63) is 16.7 Å². The summed E-state index contributed by atoms with van der Waals surface area (Å²) in [6.07, 6.45) is -0.0825. The highest BCUT2D eigenvalue weighted by Gasteiger charge is 2.35. The van der Waals surface area contributed by atoms with Crippen LogP contribution >= 0.6 is 0 Å². The maximum absolute atomic E-state index is 11.7. The van der Waals surface area contributed by atoms with Gasteiger partial charge in [-0.15, -0.1) is 0 Å². The highest BCUT2D eigenvalue weighted by atomic mass is 16.7. The van der Waals surface area contributed by atoms with Gasteiger partial charge >= 0.3 is 0 Å². The van der Waals surface area contributed by atoms with Crippen LogP contribution in [0.15, 0.2) is 11.1 Å². The zero-order chi connectivity index (χ0) is 13.6. The van der Waals surface area contributed by atoms with Crippen molar-refractivity contribution in [2.24, 2.45) is 0 Å². The Balaban J connectivity index is 2.09. The minimum Gasteiger partial charge on any atom is -0.391 e. The zero-order valence-electron chi connectivity index (χ0n) is 10.1. The van der Waals surface area contributed by atoms with Crippen molar-refractivity contribution in [2.75, 3.05) is 12.3 Å². The number of fused-ring (bicyclic) bond motifs is 1. The van der Waals surface area contributed by atoms with E-state index in [2.05, 4.69) is 15.0 Å². The Kier molecular flexibility index (Phi) is 2.73. The number of hydrogen-bond donors (Lipinski definition) is 3. The Hall–Kier alpha value is -1.97. The number of aliphatic hydroxyl groups is 1. The number of aliphatic hydroxyl groups excluding tert-OH is 1. The van der Waals surface area contributed by atoms with Gasteiger partial charge in [0.25, 0.3) is 5.56 Å². The molecule has 3 heterocycles. The van der Waals surface area contributed by atoms with Gasteiger partial charge in [-0.25, -0.2) is 4.98 Å². The first kappa shape index (κ1) is 12.1. The molecular formula is C10H13N5O4. The Morgan fingerprint density at radius 1 is 1.58 bits per heavy atom. The molecule has 0 aliphatic carbocycles. The van der Waals surface area contributed by atoms with Gasteiger partial charge in [-0.05, 0) is 6.92 Å². The number of ether oxygens (including phenoxy) is 2. The Labute approximate surface area is 107 Å². The SMILES string of the molecule is C[C@H]1O[C@@H](CO)O[C@@H]1n1cnc2c(=O)[nH]c(N)nc21. The second-order valence-electron chi connectivity index (χ2n) is 4.26. The predicted molar refractivity (Wildman–Crippen MR) is 64.1 cm³/mol. The number of rotatable bonds is 2. The molecule has 1 saturated heterocycles. The Morgan fingerprint density at radius 3 is 3.05 bits per heavy atom. The molecule has 0 unspecified atom stereocenters. The van der Waals surface area contributed by atoms with E-state index in [0.717, 1.165) is 0 Å². The molecule has 9 heteroatoms. The zero-order valence-corrected chi connectivity index (χ0v) is 10.1. The van der Waals surface area contributed by atoms with Gasteiger partial charge in [0.15, 0.2) is 23.7 Å². The van der Waals surface area contributed by atoms with E-state index in [-0.39, 0.29) is 24.2 Å². The number of nitrogen functional groups attached to an aromatic ring is 1. The van der Waals surface area contributed by atoms with Crippen LogP contribution in [-0.4, -0.2) is 43.6 Å². The number of aromatic amines is 1. The second kappa shape index (κ2) is 4.30. The Morgan fingerprint density at radius 2 is 2.37 bits per heavy atom. The first-order chi connectivity index (χ1) is 9.10. The summed E-state index contributed by atoms with van der Waals surface area (Å²) in [6, 6.07) is 0. The molecule has 2 aromatic heterocycles. The summed E-state index contributed by atoms with van der Waals surface area (Å²) in [6.45, 7) is 1.55. The fourth-order valence-corrected chi connectivity index (χ4v) is 2.11. The van der Waals surface area contributed by atoms with Crippen LogP contribution < -0.4 is 11.3 Å². The number of imidazole rings is 1. The molecule has 1 fully saturated rings. The summed E-state index contributed by atoms with van der Waals surface area (Å²) in [4.78, 5) is 22.1. The van der Waals surface area contributed by atoms with Crippen molar-refractivity contribution in [2.45, 2.75) is 25.5 Å². The summed E-state index contributed by atoms with van der Waals surface area (Å²) in [7, 11) is 0. The third-order valence-corrected chi connectivity index (χ3v) is 2.93. The molecule has 0 aromatic carbocycles. The number of hydrogen-bond acceptors (Lipinski definition) is 7. The lowest BCUT2D eigenvalue weighted by Gasteiger charge is -2.14. The molecule has 2 aromatic rings. The van der Waals surface area contributed by atoms with Crippen LogP contribution in [0.1, 0.15) is 13.2 Å². The van der Waals surface area contributed by atoms with E-state index in [1.807, 2.05) is 0 Å². The molecule has 102 valence electrons. The molecule has 0 amide bonds. The van der Waals surface area contributed by atoms with Crippen LogP contribution in [0.2, 0.25) is 0 Å². The minimum atomic E-state index is -0.697. The van der Waals surface area contributed by atoms with Gasteiger partial charge in [0.05, 0.1) is 12.9 Å². The molecular weight excluding hydrogens is 254 g/mol. The fraction of sp³-hybridized carbons (Fsp3) is 0.500.